The Labute approximate surface area is 106 Å². The first-order valence-electron chi connectivity index (χ1n) is 6.55. The van der Waals surface area contributed by atoms with Crippen molar-refractivity contribution in [2.45, 2.75) is 67.3 Å². The van der Waals surface area contributed by atoms with Gasteiger partial charge in [0.1, 0.15) is 0 Å². The second-order valence-corrected chi connectivity index (χ2v) is 7.34. The Morgan fingerprint density at radius 2 is 1.59 bits per heavy atom. The minimum Gasteiger partial charge on any atom is -0.252 e. The molecule has 1 aromatic heterocycles. The van der Waals surface area contributed by atoms with Crippen molar-refractivity contribution in [1.82, 2.24) is 15.0 Å². The summed E-state index contributed by atoms with van der Waals surface area (Å²) in [5, 5.41) is 8.42. The average Bonchev–Trinajstić information content (AvgIpc) is 2.57. The molecule has 0 aromatic carbocycles. The van der Waals surface area contributed by atoms with Crippen LogP contribution in [-0.4, -0.2) is 15.0 Å². The van der Waals surface area contributed by atoms with Crippen LogP contribution in [0.15, 0.2) is 6.20 Å². The molecule has 0 N–H and O–H groups in total. The Kier molecular flexibility index (Phi) is 4.34. The van der Waals surface area contributed by atoms with E-state index in [1.54, 1.807) is 0 Å². The van der Waals surface area contributed by atoms with Gasteiger partial charge in [0.05, 0.1) is 5.69 Å². The minimum atomic E-state index is 0.359. The van der Waals surface area contributed by atoms with E-state index in [4.69, 9.17) is 0 Å². The first-order valence-corrected chi connectivity index (χ1v) is 6.55. The van der Waals surface area contributed by atoms with Gasteiger partial charge >= 0.3 is 0 Å². The van der Waals surface area contributed by atoms with Gasteiger partial charge in [-0.1, -0.05) is 46.8 Å². The highest BCUT2D eigenvalue weighted by Gasteiger charge is 2.13. The topological polar surface area (TPSA) is 30.7 Å². The van der Waals surface area contributed by atoms with Crippen LogP contribution in [0.4, 0.5) is 0 Å². The summed E-state index contributed by atoms with van der Waals surface area (Å²) in [4.78, 5) is 0. The van der Waals surface area contributed by atoms with Crippen molar-refractivity contribution < 1.29 is 0 Å². The van der Waals surface area contributed by atoms with E-state index >= 15 is 0 Å². The standard InChI is InChI=1S/C14H27N3/c1-13(2,3)8-7-12-11-17(16-15-12)10-9-14(4,5)6/h11H,7-10H2,1-6H3. The number of aromatic nitrogens is 3. The fraction of sp³-hybridized carbons (Fsp3) is 0.857. The summed E-state index contributed by atoms with van der Waals surface area (Å²) in [5.41, 5.74) is 1.85. The van der Waals surface area contributed by atoms with E-state index in [1.807, 2.05) is 4.68 Å². The van der Waals surface area contributed by atoms with Crippen molar-refractivity contribution in [3.8, 4) is 0 Å². The third-order valence-electron chi connectivity index (χ3n) is 2.81. The number of nitrogens with zero attached hydrogens (tertiary/aromatic N) is 3. The lowest BCUT2D eigenvalue weighted by Gasteiger charge is -2.17. The number of rotatable bonds is 4. The molecular formula is C14H27N3. The molecule has 3 nitrogen and oxygen atoms in total. The van der Waals surface area contributed by atoms with Gasteiger partial charge in [-0.3, -0.25) is 4.68 Å². The van der Waals surface area contributed by atoms with Crippen molar-refractivity contribution in [3.05, 3.63) is 11.9 Å². The molecule has 0 aliphatic heterocycles. The Bertz CT molecular complexity index is 307. The molecule has 1 heterocycles. The molecule has 17 heavy (non-hydrogen) atoms. The highest BCUT2D eigenvalue weighted by atomic mass is 15.4. The van der Waals surface area contributed by atoms with Crippen molar-refractivity contribution in [1.29, 1.82) is 0 Å². The first-order chi connectivity index (χ1) is 7.66. The molecule has 0 spiro atoms. The molecule has 0 aliphatic carbocycles. The maximum atomic E-state index is 4.23. The molecule has 0 unspecified atom stereocenters. The molecule has 3 heteroatoms. The molecule has 0 saturated carbocycles. The van der Waals surface area contributed by atoms with Gasteiger partial charge in [-0.05, 0) is 30.1 Å². The van der Waals surface area contributed by atoms with E-state index in [2.05, 4.69) is 58.1 Å². The lowest BCUT2D eigenvalue weighted by molar-refractivity contribution is 0.339. The predicted molar refractivity (Wildman–Crippen MR) is 71.9 cm³/mol. The molecule has 0 bridgehead atoms. The zero-order valence-corrected chi connectivity index (χ0v) is 12.2. The van der Waals surface area contributed by atoms with Gasteiger partial charge in [0.15, 0.2) is 0 Å². The average molecular weight is 237 g/mol. The number of aryl methyl sites for hydroxylation is 2. The fourth-order valence-corrected chi connectivity index (χ4v) is 1.52. The Morgan fingerprint density at radius 1 is 1.00 bits per heavy atom. The summed E-state index contributed by atoms with van der Waals surface area (Å²) in [7, 11) is 0. The van der Waals surface area contributed by atoms with E-state index < -0.39 is 0 Å². The van der Waals surface area contributed by atoms with Crippen LogP contribution in [-0.2, 0) is 13.0 Å². The van der Waals surface area contributed by atoms with Gasteiger partial charge in [-0.15, -0.1) is 5.10 Å². The van der Waals surface area contributed by atoms with Gasteiger partial charge in [0.2, 0.25) is 0 Å². The van der Waals surface area contributed by atoms with E-state index in [-0.39, 0.29) is 0 Å². The third kappa shape index (κ3) is 6.44. The summed E-state index contributed by atoms with van der Waals surface area (Å²) in [6, 6.07) is 0. The Morgan fingerprint density at radius 3 is 2.12 bits per heavy atom. The fourth-order valence-electron chi connectivity index (χ4n) is 1.52. The van der Waals surface area contributed by atoms with Crippen LogP contribution < -0.4 is 0 Å². The van der Waals surface area contributed by atoms with E-state index in [1.165, 1.54) is 0 Å². The van der Waals surface area contributed by atoms with Gasteiger partial charge in [-0.25, -0.2) is 0 Å². The zero-order chi connectivity index (χ0) is 13.1. The molecule has 0 saturated heterocycles. The largest absolute Gasteiger partial charge is 0.252 e. The van der Waals surface area contributed by atoms with E-state index in [0.29, 0.717) is 10.8 Å². The second kappa shape index (κ2) is 5.19. The van der Waals surface area contributed by atoms with Gasteiger partial charge in [0, 0.05) is 12.7 Å². The lowest BCUT2D eigenvalue weighted by atomic mass is 9.90. The van der Waals surface area contributed by atoms with E-state index in [9.17, 15) is 0 Å². The highest BCUT2D eigenvalue weighted by Crippen LogP contribution is 2.21. The van der Waals surface area contributed by atoms with Crippen LogP contribution in [0, 0.1) is 10.8 Å². The van der Waals surface area contributed by atoms with Crippen molar-refractivity contribution in [2.24, 2.45) is 10.8 Å². The van der Waals surface area contributed by atoms with Gasteiger partial charge < -0.3 is 0 Å². The van der Waals surface area contributed by atoms with Gasteiger partial charge in [0.25, 0.3) is 0 Å². The first kappa shape index (κ1) is 14.2. The summed E-state index contributed by atoms with van der Waals surface area (Å²) in [5.74, 6) is 0. The van der Waals surface area contributed by atoms with Crippen LogP contribution in [0.25, 0.3) is 0 Å². The minimum absolute atomic E-state index is 0.359. The maximum absolute atomic E-state index is 4.23. The van der Waals surface area contributed by atoms with Crippen LogP contribution in [0.1, 0.15) is 60.1 Å². The molecule has 0 atom stereocenters. The molecule has 0 fully saturated rings. The molecule has 0 radical (unpaired) electrons. The number of hydrogen-bond donors (Lipinski definition) is 0. The van der Waals surface area contributed by atoms with Crippen molar-refractivity contribution in [3.63, 3.8) is 0 Å². The van der Waals surface area contributed by atoms with Crippen LogP contribution in [0.2, 0.25) is 0 Å². The van der Waals surface area contributed by atoms with Crippen molar-refractivity contribution >= 4 is 0 Å². The molecule has 0 amide bonds. The van der Waals surface area contributed by atoms with Crippen molar-refractivity contribution in [2.75, 3.05) is 0 Å². The van der Waals surface area contributed by atoms with Crippen LogP contribution >= 0.6 is 0 Å². The SMILES string of the molecule is CC(C)(C)CCc1cn(CCC(C)(C)C)nn1. The van der Waals surface area contributed by atoms with Gasteiger partial charge in [-0.2, -0.15) is 0 Å². The summed E-state index contributed by atoms with van der Waals surface area (Å²) in [6.07, 6.45) is 5.41. The predicted octanol–water partition coefficient (Wildman–Crippen LogP) is 3.69. The maximum Gasteiger partial charge on any atom is 0.0827 e. The highest BCUT2D eigenvalue weighted by molar-refractivity contribution is 4.93. The van der Waals surface area contributed by atoms with E-state index in [0.717, 1.165) is 31.5 Å². The Balaban J connectivity index is 2.43. The van der Waals surface area contributed by atoms with Crippen LogP contribution in [0.5, 0.6) is 0 Å². The molecule has 1 aromatic rings. The molecule has 1 rings (SSSR count). The smallest absolute Gasteiger partial charge is 0.0827 e. The summed E-state index contributed by atoms with van der Waals surface area (Å²) >= 11 is 0. The molecule has 0 aliphatic rings. The Hall–Kier alpha value is -0.860. The normalized spacial score (nSPS) is 13.1. The lowest BCUT2D eigenvalue weighted by Crippen LogP contribution is -2.10. The molecule has 98 valence electrons. The quantitative estimate of drug-likeness (QED) is 0.799. The third-order valence-corrected chi connectivity index (χ3v) is 2.81. The number of hydrogen-bond acceptors (Lipinski definition) is 2. The summed E-state index contributed by atoms with van der Waals surface area (Å²) < 4.78 is 1.98. The zero-order valence-electron chi connectivity index (χ0n) is 12.2. The summed E-state index contributed by atoms with van der Waals surface area (Å²) in [6.45, 7) is 14.5. The monoisotopic (exact) mass is 237 g/mol. The second-order valence-electron chi connectivity index (χ2n) is 7.34. The molecular weight excluding hydrogens is 210 g/mol. The van der Waals surface area contributed by atoms with Crippen LogP contribution in [0.3, 0.4) is 0 Å².